The Balaban J connectivity index is 1.88. The number of aliphatic carboxylic acids is 1. The summed E-state index contributed by atoms with van der Waals surface area (Å²) in [5.74, 6) is -2.62. The first-order valence-electron chi connectivity index (χ1n) is 8.55. The highest BCUT2D eigenvalue weighted by molar-refractivity contribution is 7.92. The first-order valence-corrected chi connectivity index (χ1v) is 10.4. The van der Waals surface area contributed by atoms with Crippen LogP contribution in [0.4, 0.5) is 0 Å². The number of piperidine rings is 1. The normalized spacial score (nSPS) is 21.1. The average molecular weight is 367 g/mol. The minimum atomic E-state index is -3.50. The van der Waals surface area contributed by atoms with Crippen molar-refractivity contribution in [3.8, 4) is 0 Å². The highest BCUT2D eigenvalue weighted by atomic mass is 32.2. The fraction of sp³-hybridized carbons (Fsp3) is 0.556. The number of sulfone groups is 1. The zero-order chi connectivity index (χ0) is 18.4. The zero-order valence-corrected chi connectivity index (χ0v) is 15.2. The van der Waals surface area contributed by atoms with Gasteiger partial charge in [0.15, 0.2) is 9.84 Å². The van der Waals surface area contributed by atoms with Crippen molar-refractivity contribution in [2.24, 2.45) is 5.92 Å². The molecule has 7 heteroatoms. The predicted molar refractivity (Wildman–Crippen MR) is 95.0 cm³/mol. The van der Waals surface area contributed by atoms with Crippen molar-refractivity contribution in [1.82, 2.24) is 4.90 Å². The van der Waals surface area contributed by atoms with Gasteiger partial charge in [0.2, 0.25) is 5.91 Å². The average Bonchev–Trinajstić information content (AvgIpc) is 2.55. The van der Waals surface area contributed by atoms with Crippen LogP contribution in [0.25, 0.3) is 0 Å². The van der Waals surface area contributed by atoms with Gasteiger partial charge in [-0.15, -0.1) is 0 Å². The van der Waals surface area contributed by atoms with Crippen LogP contribution in [0.2, 0.25) is 0 Å². The van der Waals surface area contributed by atoms with Crippen LogP contribution in [-0.4, -0.2) is 54.4 Å². The Bertz CT molecular complexity index is 701. The summed E-state index contributed by atoms with van der Waals surface area (Å²) in [5, 5.41) is 9.12. The molecule has 2 rings (SSSR count). The second kappa shape index (κ2) is 8.47. The number of carbonyl (C=O) groups excluding carboxylic acids is 1. The molecule has 1 saturated heterocycles. The van der Waals surface area contributed by atoms with Crippen LogP contribution < -0.4 is 0 Å². The SMILES string of the molecule is CC1CCC(C(=O)O)CN1C(=O)CS(=O)(=O)CCCc1ccccc1. The highest BCUT2D eigenvalue weighted by Gasteiger charge is 2.33. The standard InChI is InChI=1S/C18H25NO5S/c1-14-9-10-16(18(21)22)12-19(14)17(20)13-25(23,24)11-5-8-15-6-3-2-4-7-15/h2-4,6-7,14,16H,5,8-13H2,1H3,(H,21,22). The summed E-state index contributed by atoms with van der Waals surface area (Å²) in [6.45, 7) is 1.92. The molecule has 1 fully saturated rings. The number of carboxylic acids is 1. The number of carbonyl (C=O) groups is 2. The Labute approximate surface area is 148 Å². The first-order chi connectivity index (χ1) is 11.8. The van der Waals surface area contributed by atoms with Gasteiger partial charge in [-0.2, -0.15) is 0 Å². The highest BCUT2D eigenvalue weighted by Crippen LogP contribution is 2.22. The number of benzene rings is 1. The van der Waals surface area contributed by atoms with Crippen LogP contribution in [0.5, 0.6) is 0 Å². The fourth-order valence-electron chi connectivity index (χ4n) is 3.14. The van der Waals surface area contributed by atoms with Crippen molar-refractivity contribution in [2.75, 3.05) is 18.1 Å². The van der Waals surface area contributed by atoms with Crippen LogP contribution in [0.1, 0.15) is 31.7 Å². The summed E-state index contributed by atoms with van der Waals surface area (Å²) in [6.07, 6.45) is 2.21. The first kappa shape index (κ1) is 19.4. The van der Waals surface area contributed by atoms with E-state index in [4.69, 9.17) is 5.11 Å². The van der Waals surface area contributed by atoms with Crippen LogP contribution in [0.15, 0.2) is 30.3 Å². The Hall–Kier alpha value is -1.89. The molecule has 0 saturated carbocycles. The van der Waals surface area contributed by atoms with Gasteiger partial charge in [0.05, 0.1) is 11.7 Å². The van der Waals surface area contributed by atoms with Crippen molar-refractivity contribution >= 4 is 21.7 Å². The molecule has 0 aromatic heterocycles. The number of hydrogen-bond donors (Lipinski definition) is 1. The molecule has 1 heterocycles. The van der Waals surface area contributed by atoms with Crippen LogP contribution in [-0.2, 0) is 25.8 Å². The van der Waals surface area contributed by atoms with Crippen LogP contribution in [0.3, 0.4) is 0 Å². The maximum atomic E-state index is 12.4. The summed E-state index contributed by atoms with van der Waals surface area (Å²) in [6, 6.07) is 9.48. The molecule has 1 N–H and O–H groups in total. The summed E-state index contributed by atoms with van der Waals surface area (Å²) < 4.78 is 24.5. The minimum Gasteiger partial charge on any atom is -0.481 e. The third-order valence-corrected chi connectivity index (χ3v) is 6.26. The smallest absolute Gasteiger partial charge is 0.308 e. The number of rotatable bonds is 7. The van der Waals surface area contributed by atoms with Gasteiger partial charge in [-0.05, 0) is 38.2 Å². The van der Waals surface area contributed by atoms with E-state index in [0.717, 1.165) is 5.56 Å². The molecule has 0 radical (unpaired) electrons. The quantitative estimate of drug-likeness (QED) is 0.793. The topological polar surface area (TPSA) is 91.8 Å². The number of aryl methyl sites for hydroxylation is 1. The monoisotopic (exact) mass is 367 g/mol. The second-order valence-electron chi connectivity index (χ2n) is 6.69. The maximum Gasteiger partial charge on any atom is 0.308 e. The fourth-order valence-corrected chi connectivity index (χ4v) is 4.41. The van der Waals surface area contributed by atoms with Crippen molar-refractivity contribution in [3.05, 3.63) is 35.9 Å². The summed E-state index contributed by atoms with van der Waals surface area (Å²) in [5.41, 5.74) is 1.07. The van der Waals surface area contributed by atoms with Gasteiger partial charge in [-0.25, -0.2) is 8.42 Å². The third-order valence-electron chi connectivity index (χ3n) is 4.66. The van der Waals surface area contributed by atoms with Gasteiger partial charge in [0.25, 0.3) is 0 Å². The van der Waals surface area contributed by atoms with Gasteiger partial charge in [0.1, 0.15) is 5.75 Å². The van der Waals surface area contributed by atoms with Crippen LogP contribution in [0, 0.1) is 5.92 Å². The van der Waals surface area contributed by atoms with Gasteiger partial charge < -0.3 is 10.0 Å². The van der Waals surface area contributed by atoms with E-state index in [2.05, 4.69) is 0 Å². The molecule has 0 aliphatic carbocycles. The lowest BCUT2D eigenvalue weighted by molar-refractivity contribution is -0.146. The van der Waals surface area contributed by atoms with E-state index >= 15 is 0 Å². The number of amides is 1. The Morgan fingerprint density at radius 1 is 1.20 bits per heavy atom. The Morgan fingerprint density at radius 3 is 2.52 bits per heavy atom. The molecule has 1 aromatic rings. The third kappa shape index (κ3) is 5.85. The van der Waals surface area contributed by atoms with Crippen LogP contribution >= 0.6 is 0 Å². The van der Waals surface area contributed by atoms with E-state index in [-0.39, 0.29) is 18.3 Å². The van der Waals surface area contributed by atoms with E-state index in [1.54, 1.807) is 0 Å². The molecule has 2 atom stereocenters. The lowest BCUT2D eigenvalue weighted by Crippen LogP contribution is -2.49. The van der Waals surface area contributed by atoms with E-state index < -0.39 is 33.4 Å². The molecule has 0 spiro atoms. The van der Waals surface area contributed by atoms with Gasteiger partial charge in [0, 0.05) is 12.6 Å². The summed E-state index contributed by atoms with van der Waals surface area (Å²) >= 11 is 0. The number of likely N-dealkylation sites (tertiary alicyclic amines) is 1. The lowest BCUT2D eigenvalue weighted by Gasteiger charge is -2.36. The number of carboxylic acid groups (broad SMARTS) is 1. The Morgan fingerprint density at radius 2 is 1.88 bits per heavy atom. The molecule has 138 valence electrons. The van der Waals surface area contributed by atoms with Crippen molar-refractivity contribution in [2.45, 2.75) is 38.6 Å². The molecule has 0 bridgehead atoms. The molecule has 25 heavy (non-hydrogen) atoms. The molecule has 6 nitrogen and oxygen atoms in total. The molecular weight excluding hydrogens is 342 g/mol. The predicted octanol–water partition coefficient (Wildman–Crippen LogP) is 1.75. The minimum absolute atomic E-state index is 0.0434. The maximum absolute atomic E-state index is 12.4. The van der Waals surface area contributed by atoms with Crippen molar-refractivity contribution in [3.63, 3.8) is 0 Å². The van der Waals surface area contributed by atoms with E-state index in [1.165, 1.54) is 4.90 Å². The second-order valence-corrected chi connectivity index (χ2v) is 8.87. The molecule has 1 aromatic carbocycles. The lowest BCUT2D eigenvalue weighted by atomic mass is 9.93. The molecular formula is C18H25NO5S. The van der Waals surface area contributed by atoms with Gasteiger partial charge in [-0.3, -0.25) is 9.59 Å². The van der Waals surface area contributed by atoms with Crippen molar-refractivity contribution in [1.29, 1.82) is 0 Å². The van der Waals surface area contributed by atoms with E-state index in [1.807, 2.05) is 37.3 Å². The molecule has 1 aliphatic heterocycles. The van der Waals surface area contributed by atoms with Gasteiger partial charge >= 0.3 is 5.97 Å². The molecule has 2 unspecified atom stereocenters. The zero-order valence-electron chi connectivity index (χ0n) is 14.4. The molecule has 1 aliphatic rings. The molecule has 1 amide bonds. The Kier molecular flexibility index (Phi) is 6.58. The van der Waals surface area contributed by atoms with Crippen molar-refractivity contribution < 1.29 is 23.1 Å². The van der Waals surface area contributed by atoms with E-state index in [0.29, 0.717) is 25.7 Å². The summed E-state index contributed by atoms with van der Waals surface area (Å²) in [7, 11) is -3.50. The number of nitrogens with zero attached hydrogens (tertiary/aromatic N) is 1. The van der Waals surface area contributed by atoms with E-state index in [9.17, 15) is 18.0 Å². The largest absolute Gasteiger partial charge is 0.481 e. The summed E-state index contributed by atoms with van der Waals surface area (Å²) in [4.78, 5) is 24.9. The number of hydrogen-bond acceptors (Lipinski definition) is 4. The van der Waals surface area contributed by atoms with Gasteiger partial charge in [-0.1, -0.05) is 30.3 Å².